The third-order valence-corrected chi connectivity index (χ3v) is 4.02. The average Bonchev–Trinajstić information content (AvgIpc) is 2.20. The number of piperidine rings is 1. The summed E-state index contributed by atoms with van der Waals surface area (Å²) in [6, 6.07) is 7.03. The molecule has 0 bridgehead atoms. The SMILES string of the molecule is Cc1cc(C)cc(N2CCCC(N)C2(C)C)c1. The predicted octanol–water partition coefficient (Wildman–Crippen LogP) is 3.01. The van der Waals surface area contributed by atoms with Crippen LogP contribution < -0.4 is 10.6 Å². The van der Waals surface area contributed by atoms with Gasteiger partial charge in [0.15, 0.2) is 0 Å². The summed E-state index contributed by atoms with van der Waals surface area (Å²) in [5.41, 5.74) is 10.3. The van der Waals surface area contributed by atoms with Crippen molar-refractivity contribution in [3.8, 4) is 0 Å². The van der Waals surface area contributed by atoms with E-state index in [-0.39, 0.29) is 11.6 Å². The Hall–Kier alpha value is -1.02. The van der Waals surface area contributed by atoms with E-state index in [4.69, 9.17) is 5.73 Å². The number of aryl methyl sites for hydroxylation is 2. The van der Waals surface area contributed by atoms with Crippen LogP contribution in [0.25, 0.3) is 0 Å². The molecule has 1 aromatic carbocycles. The molecule has 2 nitrogen and oxygen atoms in total. The molecule has 0 spiro atoms. The molecule has 0 saturated carbocycles. The van der Waals surface area contributed by atoms with Crippen LogP contribution in [0, 0.1) is 13.8 Å². The second kappa shape index (κ2) is 4.34. The highest BCUT2D eigenvalue weighted by Gasteiger charge is 2.36. The fraction of sp³-hybridized carbons (Fsp3) is 0.600. The molecule has 0 radical (unpaired) electrons. The van der Waals surface area contributed by atoms with Crippen molar-refractivity contribution in [2.24, 2.45) is 5.73 Å². The zero-order valence-corrected chi connectivity index (χ0v) is 11.5. The molecule has 1 heterocycles. The summed E-state index contributed by atoms with van der Waals surface area (Å²) >= 11 is 0. The van der Waals surface area contributed by atoms with Crippen molar-refractivity contribution in [3.05, 3.63) is 29.3 Å². The molecule has 1 unspecified atom stereocenters. The highest BCUT2D eigenvalue weighted by Crippen LogP contribution is 2.32. The first-order chi connectivity index (χ1) is 7.91. The Morgan fingerprint density at radius 1 is 1.18 bits per heavy atom. The minimum absolute atomic E-state index is 0.0541. The van der Waals surface area contributed by atoms with E-state index in [9.17, 15) is 0 Å². The van der Waals surface area contributed by atoms with Gasteiger partial charge in [-0.15, -0.1) is 0 Å². The second-order valence-electron chi connectivity index (χ2n) is 5.90. The molecular formula is C15H24N2. The molecule has 2 N–H and O–H groups in total. The van der Waals surface area contributed by atoms with Gasteiger partial charge in [0.25, 0.3) is 0 Å². The lowest BCUT2D eigenvalue weighted by molar-refractivity contribution is 0.310. The first-order valence-corrected chi connectivity index (χ1v) is 6.53. The van der Waals surface area contributed by atoms with Gasteiger partial charge in [0.1, 0.15) is 0 Å². The van der Waals surface area contributed by atoms with E-state index in [1.54, 1.807) is 0 Å². The third-order valence-electron chi connectivity index (χ3n) is 4.02. The van der Waals surface area contributed by atoms with Crippen LogP contribution in [-0.2, 0) is 0 Å². The number of hydrogen-bond acceptors (Lipinski definition) is 2. The van der Waals surface area contributed by atoms with Crippen LogP contribution in [0.5, 0.6) is 0 Å². The summed E-state index contributed by atoms with van der Waals surface area (Å²) in [4.78, 5) is 2.47. The van der Waals surface area contributed by atoms with E-state index >= 15 is 0 Å². The molecule has 1 aromatic rings. The summed E-state index contributed by atoms with van der Waals surface area (Å²) in [7, 11) is 0. The maximum atomic E-state index is 6.27. The van der Waals surface area contributed by atoms with Gasteiger partial charge in [0.2, 0.25) is 0 Å². The zero-order valence-electron chi connectivity index (χ0n) is 11.5. The third kappa shape index (κ3) is 2.32. The molecule has 1 saturated heterocycles. The summed E-state index contributed by atoms with van der Waals surface area (Å²) in [6.45, 7) is 9.95. The number of rotatable bonds is 1. The Morgan fingerprint density at radius 2 is 1.76 bits per heavy atom. The van der Waals surface area contributed by atoms with E-state index in [1.165, 1.54) is 23.2 Å². The van der Waals surface area contributed by atoms with Crippen molar-refractivity contribution < 1.29 is 0 Å². The Bertz CT molecular complexity index is 389. The van der Waals surface area contributed by atoms with E-state index in [0.717, 1.165) is 13.0 Å². The second-order valence-corrected chi connectivity index (χ2v) is 5.90. The number of hydrogen-bond donors (Lipinski definition) is 1. The van der Waals surface area contributed by atoms with Crippen LogP contribution in [-0.4, -0.2) is 18.1 Å². The summed E-state index contributed by atoms with van der Waals surface area (Å²) in [6.07, 6.45) is 2.33. The van der Waals surface area contributed by atoms with Crippen molar-refractivity contribution in [3.63, 3.8) is 0 Å². The van der Waals surface area contributed by atoms with Gasteiger partial charge in [-0.1, -0.05) is 6.07 Å². The van der Waals surface area contributed by atoms with Crippen LogP contribution in [0.4, 0.5) is 5.69 Å². The van der Waals surface area contributed by atoms with Crippen molar-refractivity contribution in [1.29, 1.82) is 0 Å². The Labute approximate surface area is 105 Å². The normalized spacial score (nSPS) is 23.8. The minimum Gasteiger partial charge on any atom is -0.365 e. The number of nitrogens with zero attached hydrogens (tertiary/aromatic N) is 1. The number of benzene rings is 1. The lowest BCUT2D eigenvalue weighted by Crippen LogP contribution is -2.59. The molecule has 1 atom stereocenters. The van der Waals surface area contributed by atoms with E-state index in [0.29, 0.717) is 0 Å². The first kappa shape index (κ1) is 12.4. The largest absolute Gasteiger partial charge is 0.365 e. The van der Waals surface area contributed by atoms with Gasteiger partial charge in [0.05, 0.1) is 0 Å². The van der Waals surface area contributed by atoms with Gasteiger partial charge in [-0.05, 0) is 63.8 Å². The van der Waals surface area contributed by atoms with Gasteiger partial charge in [-0.25, -0.2) is 0 Å². The number of nitrogens with two attached hydrogens (primary N) is 1. The molecule has 0 aliphatic carbocycles. The topological polar surface area (TPSA) is 29.3 Å². The van der Waals surface area contributed by atoms with Crippen LogP contribution in [0.1, 0.15) is 37.8 Å². The van der Waals surface area contributed by atoms with Crippen molar-refractivity contribution in [2.75, 3.05) is 11.4 Å². The predicted molar refractivity (Wildman–Crippen MR) is 74.6 cm³/mol. The smallest absolute Gasteiger partial charge is 0.0496 e. The maximum Gasteiger partial charge on any atom is 0.0496 e. The monoisotopic (exact) mass is 232 g/mol. The molecule has 17 heavy (non-hydrogen) atoms. The van der Waals surface area contributed by atoms with E-state index in [2.05, 4.69) is 50.8 Å². The lowest BCUT2D eigenvalue weighted by atomic mass is 9.85. The molecule has 94 valence electrons. The fourth-order valence-corrected chi connectivity index (χ4v) is 2.88. The van der Waals surface area contributed by atoms with E-state index in [1.807, 2.05) is 0 Å². The highest BCUT2D eigenvalue weighted by molar-refractivity contribution is 5.53. The first-order valence-electron chi connectivity index (χ1n) is 6.53. The van der Waals surface area contributed by atoms with Crippen molar-refractivity contribution >= 4 is 5.69 Å². The van der Waals surface area contributed by atoms with Crippen LogP contribution in [0.15, 0.2) is 18.2 Å². The van der Waals surface area contributed by atoms with Crippen LogP contribution in [0.2, 0.25) is 0 Å². The van der Waals surface area contributed by atoms with Gasteiger partial charge in [0, 0.05) is 23.8 Å². The average molecular weight is 232 g/mol. The molecule has 1 fully saturated rings. The fourth-order valence-electron chi connectivity index (χ4n) is 2.88. The summed E-state index contributed by atoms with van der Waals surface area (Å²) in [5, 5.41) is 0. The van der Waals surface area contributed by atoms with Crippen LogP contribution >= 0.6 is 0 Å². The summed E-state index contributed by atoms with van der Waals surface area (Å²) in [5.74, 6) is 0. The molecule has 1 aliphatic rings. The molecule has 2 heteroatoms. The molecule has 0 amide bonds. The number of anilines is 1. The van der Waals surface area contributed by atoms with Gasteiger partial charge in [-0.3, -0.25) is 0 Å². The van der Waals surface area contributed by atoms with E-state index < -0.39 is 0 Å². The Morgan fingerprint density at radius 3 is 2.35 bits per heavy atom. The maximum absolute atomic E-state index is 6.27. The molecule has 2 rings (SSSR count). The van der Waals surface area contributed by atoms with Gasteiger partial charge < -0.3 is 10.6 Å². The Balaban J connectivity index is 2.37. The zero-order chi connectivity index (χ0) is 12.6. The molecular weight excluding hydrogens is 208 g/mol. The van der Waals surface area contributed by atoms with Gasteiger partial charge >= 0.3 is 0 Å². The Kier molecular flexibility index (Phi) is 3.17. The van der Waals surface area contributed by atoms with Crippen molar-refractivity contribution in [1.82, 2.24) is 0 Å². The van der Waals surface area contributed by atoms with Gasteiger partial charge in [-0.2, -0.15) is 0 Å². The standard InChI is InChI=1S/C15H24N2/c1-11-8-12(2)10-13(9-11)17-7-5-6-14(16)15(17,3)4/h8-10,14H,5-7,16H2,1-4H3. The van der Waals surface area contributed by atoms with Crippen molar-refractivity contribution in [2.45, 2.75) is 52.1 Å². The van der Waals surface area contributed by atoms with Crippen LogP contribution in [0.3, 0.4) is 0 Å². The quantitative estimate of drug-likeness (QED) is 0.806. The molecule has 1 aliphatic heterocycles. The highest BCUT2D eigenvalue weighted by atomic mass is 15.2. The molecule has 0 aromatic heterocycles. The lowest BCUT2D eigenvalue weighted by Gasteiger charge is -2.48. The summed E-state index contributed by atoms with van der Waals surface area (Å²) < 4.78 is 0. The minimum atomic E-state index is 0.0541.